The van der Waals surface area contributed by atoms with Gasteiger partial charge in [0.2, 0.25) is 15.9 Å². The van der Waals surface area contributed by atoms with Crippen LogP contribution < -0.4 is 14.4 Å². The maximum absolute atomic E-state index is 12.2. The highest BCUT2D eigenvalue weighted by atomic mass is 32.2. The number of nitrogens with zero attached hydrogens (tertiary/aromatic N) is 1. The van der Waals surface area contributed by atoms with Crippen LogP contribution in [0.2, 0.25) is 0 Å². The van der Waals surface area contributed by atoms with Gasteiger partial charge in [-0.3, -0.25) is 9.10 Å². The Morgan fingerprint density at radius 3 is 2.22 bits per heavy atom. The monoisotopic (exact) mass is 342 g/mol. The second-order valence-corrected chi connectivity index (χ2v) is 7.66. The van der Waals surface area contributed by atoms with Crippen LogP contribution in [0.5, 0.6) is 5.75 Å². The van der Waals surface area contributed by atoms with Crippen molar-refractivity contribution in [2.24, 2.45) is 5.92 Å². The van der Waals surface area contributed by atoms with Crippen molar-refractivity contribution < 1.29 is 17.9 Å². The molecule has 0 aromatic heterocycles. The predicted molar refractivity (Wildman–Crippen MR) is 92.2 cm³/mol. The summed E-state index contributed by atoms with van der Waals surface area (Å²) in [6.45, 7) is 8.44. The lowest BCUT2D eigenvalue weighted by atomic mass is 10.2. The molecular weight excluding hydrogens is 316 g/mol. The van der Waals surface area contributed by atoms with E-state index in [2.05, 4.69) is 5.32 Å². The molecule has 0 aliphatic rings. The Bertz CT molecular complexity index is 611. The van der Waals surface area contributed by atoms with Crippen LogP contribution in [0.1, 0.15) is 27.7 Å². The number of anilines is 1. The van der Waals surface area contributed by atoms with E-state index in [1.807, 2.05) is 20.8 Å². The molecule has 1 atom stereocenters. The smallest absolute Gasteiger partial charge is 0.243 e. The van der Waals surface area contributed by atoms with E-state index in [-0.39, 0.29) is 5.91 Å². The quantitative estimate of drug-likeness (QED) is 0.784. The molecule has 0 unspecified atom stereocenters. The molecule has 0 fully saturated rings. The van der Waals surface area contributed by atoms with E-state index in [0.29, 0.717) is 30.5 Å². The molecule has 6 nitrogen and oxygen atoms in total. The Hall–Kier alpha value is -1.76. The van der Waals surface area contributed by atoms with Crippen molar-refractivity contribution in [3.63, 3.8) is 0 Å². The van der Waals surface area contributed by atoms with Gasteiger partial charge in [0.25, 0.3) is 0 Å². The number of sulfonamides is 1. The number of ether oxygens (including phenoxy) is 1. The predicted octanol–water partition coefficient (Wildman–Crippen LogP) is 2.01. The molecule has 1 rings (SSSR count). The van der Waals surface area contributed by atoms with Crippen molar-refractivity contribution in [2.45, 2.75) is 33.7 Å². The summed E-state index contributed by atoms with van der Waals surface area (Å²) >= 11 is 0. The molecule has 0 heterocycles. The first-order valence-corrected chi connectivity index (χ1v) is 9.51. The molecule has 0 aliphatic carbocycles. The van der Waals surface area contributed by atoms with Crippen molar-refractivity contribution in [1.29, 1.82) is 0 Å². The van der Waals surface area contributed by atoms with Crippen LogP contribution in [0.15, 0.2) is 24.3 Å². The van der Waals surface area contributed by atoms with Gasteiger partial charge in [-0.15, -0.1) is 0 Å². The number of carbonyl (C=O) groups excluding carboxylic acids is 1. The van der Waals surface area contributed by atoms with Crippen LogP contribution in [0.3, 0.4) is 0 Å². The lowest BCUT2D eigenvalue weighted by Crippen LogP contribution is -2.48. The Kier molecular flexibility index (Phi) is 6.87. The average Bonchev–Trinajstić information content (AvgIpc) is 2.45. The van der Waals surface area contributed by atoms with E-state index in [0.717, 1.165) is 10.6 Å². The second kappa shape index (κ2) is 8.19. The molecule has 0 saturated heterocycles. The van der Waals surface area contributed by atoms with Crippen LogP contribution in [-0.2, 0) is 14.8 Å². The molecule has 0 bridgehead atoms. The molecule has 23 heavy (non-hydrogen) atoms. The van der Waals surface area contributed by atoms with Crippen LogP contribution in [0.4, 0.5) is 5.69 Å². The number of hydrogen-bond donors (Lipinski definition) is 1. The number of amides is 1. The van der Waals surface area contributed by atoms with Crippen molar-refractivity contribution >= 4 is 21.6 Å². The van der Waals surface area contributed by atoms with Gasteiger partial charge in [0.05, 0.1) is 18.6 Å². The van der Waals surface area contributed by atoms with E-state index in [9.17, 15) is 13.2 Å². The Balaban J connectivity index is 3.03. The molecule has 0 spiro atoms. The minimum atomic E-state index is -3.59. The fraction of sp³-hybridized carbons (Fsp3) is 0.562. The Morgan fingerprint density at radius 2 is 1.78 bits per heavy atom. The largest absolute Gasteiger partial charge is 0.494 e. The Labute approximate surface area is 138 Å². The molecule has 0 radical (unpaired) electrons. The zero-order valence-corrected chi connectivity index (χ0v) is 15.2. The standard InChI is InChI=1S/C16H26N2O4S/c1-6-22-15-9-7-14(8-10-15)18(23(5,20)21)13(4)16(19)17-11-12(2)3/h7-10,12-13H,6,11H2,1-5H3,(H,17,19)/t13-/m0/s1. The maximum Gasteiger partial charge on any atom is 0.243 e. The Morgan fingerprint density at radius 1 is 1.22 bits per heavy atom. The summed E-state index contributed by atoms with van der Waals surface area (Å²) in [5, 5.41) is 2.77. The topological polar surface area (TPSA) is 75.7 Å². The van der Waals surface area contributed by atoms with Gasteiger partial charge in [0.15, 0.2) is 0 Å². The minimum absolute atomic E-state index is 0.295. The third kappa shape index (κ3) is 5.74. The van der Waals surface area contributed by atoms with Crippen LogP contribution in [0, 0.1) is 5.92 Å². The molecule has 1 aromatic rings. The van der Waals surface area contributed by atoms with Crippen molar-refractivity contribution in [1.82, 2.24) is 5.32 Å². The van der Waals surface area contributed by atoms with Gasteiger partial charge in [-0.1, -0.05) is 13.8 Å². The van der Waals surface area contributed by atoms with Gasteiger partial charge < -0.3 is 10.1 Å². The molecule has 1 aromatic carbocycles. The van der Waals surface area contributed by atoms with Crippen LogP contribution in [-0.4, -0.2) is 39.8 Å². The van der Waals surface area contributed by atoms with Gasteiger partial charge >= 0.3 is 0 Å². The summed E-state index contributed by atoms with van der Waals surface area (Å²) in [6, 6.07) is 5.82. The lowest BCUT2D eigenvalue weighted by molar-refractivity contribution is -0.121. The first-order valence-electron chi connectivity index (χ1n) is 7.66. The number of rotatable bonds is 8. The highest BCUT2D eigenvalue weighted by Gasteiger charge is 2.29. The zero-order valence-electron chi connectivity index (χ0n) is 14.4. The molecule has 1 N–H and O–H groups in total. The van der Waals surface area contributed by atoms with Crippen LogP contribution in [0.25, 0.3) is 0 Å². The van der Waals surface area contributed by atoms with Gasteiger partial charge in [-0.05, 0) is 44.0 Å². The average molecular weight is 342 g/mol. The van der Waals surface area contributed by atoms with Gasteiger partial charge in [0, 0.05) is 6.54 Å². The summed E-state index contributed by atoms with van der Waals surface area (Å²) in [4.78, 5) is 12.2. The maximum atomic E-state index is 12.2. The highest BCUT2D eigenvalue weighted by Crippen LogP contribution is 2.24. The van der Waals surface area contributed by atoms with Crippen LogP contribution >= 0.6 is 0 Å². The number of hydrogen-bond acceptors (Lipinski definition) is 4. The van der Waals surface area contributed by atoms with Gasteiger partial charge in [-0.25, -0.2) is 8.42 Å². The molecule has 0 aliphatic heterocycles. The number of nitrogens with one attached hydrogen (secondary N) is 1. The first-order chi connectivity index (χ1) is 10.7. The summed E-state index contributed by atoms with van der Waals surface area (Å²) in [6.07, 6.45) is 1.09. The second-order valence-electron chi connectivity index (χ2n) is 5.80. The summed E-state index contributed by atoms with van der Waals surface area (Å²) in [5.41, 5.74) is 0.433. The van der Waals surface area contributed by atoms with E-state index < -0.39 is 16.1 Å². The fourth-order valence-corrected chi connectivity index (χ4v) is 3.29. The highest BCUT2D eigenvalue weighted by molar-refractivity contribution is 7.92. The SMILES string of the molecule is CCOc1ccc(N([C@@H](C)C(=O)NCC(C)C)S(C)(=O)=O)cc1. The molecule has 1 amide bonds. The number of carbonyl (C=O) groups is 1. The molecule has 130 valence electrons. The van der Waals surface area contributed by atoms with Gasteiger partial charge in [-0.2, -0.15) is 0 Å². The van der Waals surface area contributed by atoms with E-state index in [1.165, 1.54) is 0 Å². The molecule has 0 saturated carbocycles. The third-order valence-electron chi connectivity index (χ3n) is 3.18. The number of benzene rings is 1. The van der Waals surface area contributed by atoms with Crippen molar-refractivity contribution in [3.8, 4) is 5.75 Å². The zero-order chi connectivity index (χ0) is 17.6. The van der Waals surface area contributed by atoms with E-state index in [1.54, 1.807) is 31.2 Å². The van der Waals surface area contributed by atoms with E-state index in [4.69, 9.17) is 4.74 Å². The summed E-state index contributed by atoms with van der Waals surface area (Å²) in [5.74, 6) is 0.628. The third-order valence-corrected chi connectivity index (χ3v) is 4.42. The fourth-order valence-electron chi connectivity index (χ4n) is 2.12. The molecular formula is C16H26N2O4S. The minimum Gasteiger partial charge on any atom is -0.494 e. The van der Waals surface area contributed by atoms with Crippen molar-refractivity contribution in [3.05, 3.63) is 24.3 Å². The normalized spacial score (nSPS) is 12.8. The van der Waals surface area contributed by atoms with Crippen molar-refractivity contribution in [2.75, 3.05) is 23.7 Å². The first kappa shape index (κ1) is 19.3. The summed E-state index contributed by atoms with van der Waals surface area (Å²) < 4.78 is 30.8. The molecule has 7 heteroatoms. The van der Waals surface area contributed by atoms with Gasteiger partial charge in [0.1, 0.15) is 11.8 Å². The summed E-state index contributed by atoms with van der Waals surface area (Å²) in [7, 11) is -3.59. The van der Waals surface area contributed by atoms with E-state index >= 15 is 0 Å². The lowest BCUT2D eigenvalue weighted by Gasteiger charge is -2.28.